The molecule has 0 radical (unpaired) electrons. The zero-order valence-electron chi connectivity index (χ0n) is 20.9. The van der Waals surface area contributed by atoms with E-state index in [0.29, 0.717) is 30.0 Å². The minimum atomic E-state index is -0.623. The van der Waals surface area contributed by atoms with E-state index in [4.69, 9.17) is 4.74 Å². The summed E-state index contributed by atoms with van der Waals surface area (Å²) in [5.74, 6) is 0.506. The summed E-state index contributed by atoms with van der Waals surface area (Å²) in [4.78, 5) is 41.6. The Labute approximate surface area is 209 Å². The molecule has 2 aliphatic rings. The van der Waals surface area contributed by atoms with Crippen LogP contribution in [-0.2, 0) is 17.7 Å². The van der Waals surface area contributed by atoms with Gasteiger partial charge >= 0.3 is 5.97 Å². The molecule has 0 saturated heterocycles. The van der Waals surface area contributed by atoms with Crippen LogP contribution in [0.3, 0.4) is 0 Å². The van der Waals surface area contributed by atoms with Gasteiger partial charge in [-0.1, -0.05) is 6.07 Å². The average Bonchev–Trinajstić information content (AvgIpc) is 3.40. The lowest BCUT2D eigenvalue weighted by Crippen LogP contribution is -2.34. The molecule has 0 fully saturated rings. The first-order valence-corrected chi connectivity index (χ1v) is 12.0. The number of rotatable bonds is 4. The lowest BCUT2D eigenvalue weighted by Gasteiger charge is -2.26. The van der Waals surface area contributed by atoms with Crippen molar-refractivity contribution in [3.8, 4) is 0 Å². The number of nitrogens with one attached hydrogen (secondary N) is 1. The Hall–Kier alpha value is -4.14. The van der Waals surface area contributed by atoms with Gasteiger partial charge in [-0.2, -0.15) is 5.10 Å². The van der Waals surface area contributed by atoms with Crippen LogP contribution in [0.5, 0.6) is 0 Å². The van der Waals surface area contributed by atoms with Crippen LogP contribution >= 0.6 is 0 Å². The molecule has 3 heterocycles. The summed E-state index contributed by atoms with van der Waals surface area (Å²) in [7, 11) is 1.82. The number of anilines is 3. The van der Waals surface area contributed by atoms with Crippen LogP contribution in [-0.4, -0.2) is 58.2 Å². The zero-order chi connectivity index (χ0) is 25.6. The van der Waals surface area contributed by atoms with Crippen molar-refractivity contribution in [2.75, 3.05) is 30.4 Å². The van der Waals surface area contributed by atoms with Crippen molar-refractivity contribution in [3.05, 3.63) is 70.8 Å². The molecule has 9 heteroatoms. The monoisotopic (exact) mass is 487 g/mol. The first kappa shape index (κ1) is 23.6. The highest BCUT2D eigenvalue weighted by atomic mass is 16.6. The third-order valence-corrected chi connectivity index (χ3v) is 6.27. The Bertz CT molecular complexity index is 1370. The molecule has 0 spiro atoms. The number of amides is 2. The first-order chi connectivity index (χ1) is 17.1. The normalized spacial score (nSPS) is 14.9. The van der Waals surface area contributed by atoms with Gasteiger partial charge in [0.05, 0.1) is 12.1 Å². The van der Waals surface area contributed by atoms with E-state index in [9.17, 15) is 14.4 Å². The Morgan fingerprint density at radius 2 is 1.78 bits per heavy atom. The van der Waals surface area contributed by atoms with E-state index in [1.54, 1.807) is 43.9 Å². The summed E-state index contributed by atoms with van der Waals surface area (Å²) in [6.45, 7) is 7.53. The van der Waals surface area contributed by atoms with Gasteiger partial charge < -0.3 is 19.9 Å². The largest absolute Gasteiger partial charge is 0.456 e. The van der Waals surface area contributed by atoms with Crippen molar-refractivity contribution in [3.63, 3.8) is 0 Å². The number of benzene rings is 2. The van der Waals surface area contributed by atoms with E-state index in [0.717, 1.165) is 35.6 Å². The van der Waals surface area contributed by atoms with Crippen molar-refractivity contribution in [2.24, 2.45) is 0 Å². The van der Waals surface area contributed by atoms with Gasteiger partial charge in [0.15, 0.2) is 5.82 Å². The highest BCUT2D eigenvalue weighted by Gasteiger charge is 2.27. The lowest BCUT2D eigenvalue weighted by molar-refractivity contribution is 0.00693. The molecule has 36 heavy (non-hydrogen) atoms. The number of carbonyl (C=O) groups is 3. The van der Waals surface area contributed by atoms with Gasteiger partial charge in [-0.05, 0) is 69.2 Å². The maximum absolute atomic E-state index is 12.9. The van der Waals surface area contributed by atoms with Gasteiger partial charge in [-0.3, -0.25) is 9.59 Å². The number of nitrogens with zero attached hydrogens (tertiary/aromatic N) is 4. The first-order valence-electron chi connectivity index (χ1n) is 12.0. The highest BCUT2D eigenvalue weighted by molar-refractivity contribution is 6.05. The number of aromatic nitrogens is 2. The number of likely N-dealkylation sites (N-methyl/N-ethyl adjacent to an activating group) is 1. The zero-order valence-corrected chi connectivity index (χ0v) is 20.9. The fourth-order valence-corrected chi connectivity index (χ4v) is 4.49. The molecule has 1 N–H and O–H groups in total. The topological polar surface area (TPSA) is 96.8 Å². The summed E-state index contributed by atoms with van der Waals surface area (Å²) in [6.07, 6.45) is 0.822. The van der Waals surface area contributed by atoms with E-state index in [1.165, 1.54) is 6.07 Å². The highest BCUT2D eigenvalue weighted by Crippen LogP contribution is 2.34. The number of hydrogen-bond acceptors (Lipinski definition) is 6. The quantitative estimate of drug-likeness (QED) is 0.561. The van der Waals surface area contributed by atoms with Gasteiger partial charge in [0, 0.05) is 43.0 Å². The molecular weight excluding hydrogens is 458 g/mol. The van der Waals surface area contributed by atoms with Crippen molar-refractivity contribution in [1.82, 2.24) is 14.7 Å². The third kappa shape index (κ3) is 4.56. The second-order valence-electron chi connectivity index (χ2n) is 10.1. The predicted octanol–water partition coefficient (Wildman–Crippen LogP) is 3.87. The lowest BCUT2D eigenvalue weighted by atomic mass is 9.98. The van der Waals surface area contributed by atoms with Crippen molar-refractivity contribution in [2.45, 2.75) is 39.3 Å². The van der Waals surface area contributed by atoms with Gasteiger partial charge in [0.2, 0.25) is 0 Å². The molecule has 2 aliphatic heterocycles. The number of fused-ring (bicyclic) bond motifs is 2. The molecule has 0 aliphatic carbocycles. The molecule has 5 rings (SSSR count). The van der Waals surface area contributed by atoms with Crippen LogP contribution in [0.1, 0.15) is 57.4 Å². The molecule has 0 atom stereocenters. The van der Waals surface area contributed by atoms with Gasteiger partial charge in [-0.15, -0.1) is 0 Å². The number of hydrogen-bond donors (Lipinski definition) is 1. The second kappa shape index (κ2) is 8.82. The average molecular weight is 488 g/mol. The molecule has 2 amide bonds. The van der Waals surface area contributed by atoms with Crippen LogP contribution in [0.4, 0.5) is 17.3 Å². The van der Waals surface area contributed by atoms with Crippen LogP contribution < -0.4 is 10.2 Å². The third-order valence-electron chi connectivity index (χ3n) is 6.27. The van der Waals surface area contributed by atoms with E-state index in [1.807, 2.05) is 29.9 Å². The van der Waals surface area contributed by atoms with Crippen molar-refractivity contribution >= 4 is 35.1 Å². The Morgan fingerprint density at radius 3 is 2.56 bits per heavy atom. The van der Waals surface area contributed by atoms with E-state index in [-0.39, 0.29) is 11.8 Å². The maximum atomic E-state index is 12.9. The predicted molar refractivity (Wildman–Crippen MR) is 136 cm³/mol. The Kier molecular flexibility index (Phi) is 5.78. The summed E-state index contributed by atoms with van der Waals surface area (Å²) in [6, 6.07) is 14.2. The molecule has 0 unspecified atom stereocenters. The minimum absolute atomic E-state index is 0.0509. The Balaban J connectivity index is 1.32. The molecule has 1 aromatic heterocycles. The standard InChI is InChI=1S/C27H29N5O4/c1-27(2,3)36-26(35)19-7-5-6-18(14-19)24(33)28-22-16-23-31(12-13-32(23)29-22)20-8-9-21-17(15-20)10-11-30(4)25(21)34/h5-9,14-16H,10-13H2,1-4H3,(H,28,29,33). The van der Waals surface area contributed by atoms with Crippen LogP contribution in [0.15, 0.2) is 48.5 Å². The molecule has 3 aromatic rings. The van der Waals surface area contributed by atoms with Gasteiger partial charge in [-0.25, -0.2) is 9.48 Å². The molecule has 9 nitrogen and oxygen atoms in total. The van der Waals surface area contributed by atoms with E-state index in [2.05, 4.69) is 21.4 Å². The van der Waals surface area contributed by atoms with Crippen molar-refractivity contribution in [1.29, 1.82) is 0 Å². The fraction of sp³-hybridized carbons (Fsp3) is 0.333. The number of esters is 1. The molecule has 2 aromatic carbocycles. The molecular formula is C27H29N5O4. The van der Waals surface area contributed by atoms with Gasteiger partial charge in [0.25, 0.3) is 11.8 Å². The summed E-state index contributed by atoms with van der Waals surface area (Å²) >= 11 is 0. The van der Waals surface area contributed by atoms with Crippen LogP contribution in [0, 0.1) is 0 Å². The summed E-state index contributed by atoms with van der Waals surface area (Å²) in [5.41, 5.74) is 2.82. The second-order valence-corrected chi connectivity index (χ2v) is 10.1. The fourth-order valence-electron chi connectivity index (χ4n) is 4.49. The maximum Gasteiger partial charge on any atom is 0.338 e. The van der Waals surface area contributed by atoms with Crippen LogP contribution in [0.2, 0.25) is 0 Å². The van der Waals surface area contributed by atoms with Gasteiger partial charge in [0.1, 0.15) is 11.4 Å². The summed E-state index contributed by atoms with van der Waals surface area (Å²) in [5, 5.41) is 7.37. The van der Waals surface area contributed by atoms with E-state index < -0.39 is 11.6 Å². The number of ether oxygens (including phenoxy) is 1. The summed E-state index contributed by atoms with van der Waals surface area (Å²) < 4.78 is 7.26. The SMILES string of the molecule is CN1CCc2cc(N3CCn4nc(NC(=O)c5cccc(C(=O)OC(C)(C)C)c5)cc43)ccc2C1=O. The molecule has 0 saturated carbocycles. The van der Waals surface area contributed by atoms with E-state index >= 15 is 0 Å². The molecule has 186 valence electrons. The van der Waals surface area contributed by atoms with Crippen molar-refractivity contribution < 1.29 is 19.1 Å². The Morgan fingerprint density at radius 1 is 1.00 bits per heavy atom. The molecule has 0 bridgehead atoms. The van der Waals surface area contributed by atoms with Crippen LogP contribution in [0.25, 0.3) is 0 Å². The smallest absolute Gasteiger partial charge is 0.338 e. The minimum Gasteiger partial charge on any atom is -0.456 e. The number of carbonyl (C=O) groups excluding carboxylic acids is 3.